The summed E-state index contributed by atoms with van der Waals surface area (Å²) in [5.41, 5.74) is 0.888. The van der Waals surface area contributed by atoms with Gasteiger partial charge in [-0.1, -0.05) is 24.3 Å². The van der Waals surface area contributed by atoms with E-state index in [-0.39, 0.29) is 37.3 Å². The van der Waals surface area contributed by atoms with E-state index >= 15 is 0 Å². The number of imide groups is 1. The summed E-state index contributed by atoms with van der Waals surface area (Å²) in [5.74, 6) is -0.996. The van der Waals surface area contributed by atoms with Crippen molar-refractivity contribution in [3.8, 4) is 0 Å². The van der Waals surface area contributed by atoms with E-state index in [0.717, 1.165) is 5.56 Å². The van der Waals surface area contributed by atoms with E-state index in [0.29, 0.717) is 17.5 Å². The third-order valence-corrected chi connectivity index (χ3v) is 4.63. The molecule has 0 bridgehead atoms. The highest BCUT2D eigenvalue weighted by molar-refractivity contribution is 6.21. The molecule has 6 nitrogen and oxygen atoms in total. The largest absolute Gasteiger partial charge is 0.444 e. The van der Waals surface area contributed by atoms with Gasteiger partial charge in [-0.05, 0) is 57.0 Å². The zero-order valence-corrected chi connectivity index (χ0v) is 17.4. The van der Waals surface area contributed by atoms with Crippen LogP contribution in [-0.4, -0.2) is 46.4 Å². The molecule has 0 spiro atoms. The van der Waals surface area contributed by atoms with E-state index < -0.39 is 11.7 Å². The Hall–Kier alpha value is -3.22. The molecular weight excluding hydrogens is 387 g/mol. The van der Waals surface area contributed by atoms with Crippen molar-refractivity contribution in [2.75, 3.05) is 13.1 Å². The van der Waals surface area contributed by atoms with Crippen molar-refractivity contribution in [1.29, 1.82) is 0 Å². The Morgan fingerprint density at radius 3 is 2.10 bits per heavy atom. The van der Waals surface area contributed by atoms with Crippen molar-refractivity contribution >= 4 is 17.9 Å². The van der Waals surface area contributed by atoms with Gasteiger partial charge in [0.15, 0.2) is 0 Å². The molecule has 7 heteroatoms. The number of benzene rings is 2. The van der Waals surface area contributed by atoms with Crippen molar-refractivity contribution in [3.05, 3.63) is 71.0 Å². The second-order valence-electron chi connectivity index (χ2n) is 8.19. The molecule has 1 aliphatic rings. The molecule has 1 heterocycles. The number of nitrogens with zero attached hydrogens (tertiary/aromatic N) is 2. The molecule has 0 unspecified atom stereocenters. The number of ether oxygens (including phenoxy) is 1. The Kier molecular flexibility index (Phi) is 6.20. The highest BCUT2D eigenvalue weighted by Gasteiger charge is 2.34. The van der Waals surface area contributed by atoms with Crippen LogP contribution in [0.25, 0.3) is 0 Å². The first-order valence-electron chi connectivity index (χ1n) is 9.83. The fourth-order valence-corrected chi connectivity index (χ4v) is 3.23. The lowest BCUT2D eigenvalue weighted by Crippen LogP contribution is -2.39. The van der Waals surface area contributed by atoms with E-state index in [1.807, 2.05) is 0 Å². The van der Waals surface area contributed by atoms with Gasteiger partial charge in [0.1, 0.15) is 11.4 Å². The van der Waals surface area contributed by atoms with Crippen LogP contribution in [0.15, 0.2) is 48.5 Å². The molecule has 3 amide bonds. The number of rotatable bonds is 6. The second-order valence-corrected chi connectivity index (χ2v) is 8.19. The average Bonchev–Trinajstić information content (AvgIpc) is 2.92. The number of fused-ring (bicyclic) bond motifs is 1. The van der Waals surface area contributed by atoms with Gasteiger partial charge in [-0.2, -0.15) is 0 Å². The van der Waals surface area contributed by atoms with Gasteiger partial charge in [0, 0.05) is 19.6 Å². The molecule has 30 heavy (non-hydrogen) atoms. The lowest BCUT2D eigenvalue weighted by molar-refractivity contribution is 0.0228. The normalized spacial score (nSPS) is 13.4. The molecule has 0 saturated heterocycles. The fourth-order valence-electron chi connectivity index (χ4n) is 3.23. The van der Waals surface area contributed by atoms with Gasteiger partial charge in [0.25, 0.3) is 11.8 Å². The zero-order chi connectivity index (χ0) is 21.9. The summed E-state index contributed by atoms with van der Waals surface area (Å²) in [6.07, 6.45) is -0.111. The molecular formula is C23H25FN2O4. The van der Waals surface area contributed by atoms with Gasteiger partial charge in [-0.15, -0.1) is 0 Å². The van der Waals surface area contributed by atoms with Crippen molar-refractivity contribution in [1.82, 2.24) is 9.80 Å². The maximum Gasteiger partial charge on any atom is 0.410 e. The van der Waals surface area contributed by atoms with Gasteiger partial charge in [-0.3, -0.25) is 14.5 Å². The minimum Gasteiger partial charge on any atom is -0.444 e. The van der Waals surface area contributed by atoms with E-state index in [4.69, 9.17) is 4.74 Å². The number of carbonyl (C=O) groups is 3. The number of amides is 3. The molecule has 0 aromatic heterocycles. The van der Waals surface area contributed by atoms with Gasteiger partial charge in [0.2, 0.25) is 0 Å². The smallest absolute Gasteiger partial charge is 0.410 e. The minimum absolute atomic E-state index is 0.190. The van der Waals surface area contributed by atoms with Crippen molar-refractivity contribution < 1.29 is 23.5 Å². The van der Waals surface area contributed by atoms with Crippen molar-refractivity contribution in [2.24, 2.45) is 0 Å². The average molecular weight is 412 g/mol. The van der Waals surface area contributed by atoms with Crippen LogP contribution >= 0.6 is 0 Å². The van der Waals surface area contributed by atoms with Crippen LogP contribution in [0.2, 0.25) is 0 Å². The van der Waals surface area contributed by atoms with Gasteiger partial charge in [-0.25, -0.2) is 9.18 Å². The van der Waals surface area contributed by atoms with Crippen molar-refractivity contribution in [2.45, 2.75) is 39.3 Å². The van der Waals surface area contributed by atoms with Crippen LogP contribution in [0.3, 0.4) is 0 Å². The topological polar surface area (TPSA) is 66.9 Å². The third kappa shape index (κ3) is 5.03. The Morgan fingerprint density at radius 2 is 1.57 bits per heavy atom. The molecule has 0 fully saturated rings. The molecule has 3 rings (SSSR count). The monoisotopic (exact) mass is 412 g/mol. The number of hydrogen-bond acceptors (Lipinski definition) is 4. The lowest BCUT2D eigenvalue weighted by atomic mass is 10.1. The Bertz CT molecular complexity index is 915. The maximum atomic E-state index is 13.2. The van der Waals surface area contributed by atoms with E-state index in [1.165, 1.54) is 21.9 Å². The summed E-state index contributed by atoms with van der Waals surface area (Å²) in [7, 11) is 0. The second kappa shape index (κ2) is 8.65. The van der Waals surface area contributed by atoms with Crippen LogP contribution in [-0.2, 0) is 11.3 Å². The summed E-state index contributed by atoms with van der Waals surface area (Å²) in [4.78, 5) is 40.3. The van der Waals surface area contributed by atoms with Crippen LogP contribution in [0.5, 0.6) is 0 Å². The Labute approximate surface area is 175 Å². The first kappa shape index (κ1) is 21.5. The maximum absolute atomic E-state index is 13.2. The molecule has 0 N–H and O–H groups in total. The summed E-state index contributed by atoms with van der Waals surface area (Å²) in [6.45, 7) is 6.03. The Balaban J connectivity index is 1.66. The van der Waals surface area contributed by atoms with Crippen LogP contribution in [0, 0.1) is 5.82 Å². The quantitative estimate of drug-likeness (QED) is 0.666. The third-order valence-electron chi connectivity index (χ3n) is 4.63. The molecule has 158 valence electrons. The highest BCUT2D eigenvalue weighted by atomic mass is 19.1. The molecule has 2 aromatic rings. The first-order chi connectivity index (χ1) is 14.2. The van der Waals surface area contributed by atoms with Gasteiger partial charge >= 0.3 is 6.09 Å². The number of hydrogen-bond donors (Lipinski definition) is 0. The Morgan fingerprint density at radius 1 is 1.00 bits per heavy atom. The predicted molar refractivity (Wildman–Crippen MR) is 109 cm³/mol. The first-order valence-corrected chi connectivity index (χ1v) is 9.83. The minimum atomic E-state index is -0.666. The van der Waals surface area contributed by atoms with Crippen LogP contribution in [0.4, 0.5) is 9.18 Å². The molecule has 0 saturated carbocycles. The van der Waals surface area contributed by atoms with E-state index in [2.05, 4.69) is 0 Å². The molecule has 2 aromatic carbocycles. The summed E-state index contributed by atoms with van der Waals surface area (Å²) in [5, 5.41) is 0. The lowest BCUT2D eigenvalue weighted by Gasteiger charge is -2.28. The summed E-state index contributed by atoms with van der Waals surface area (Å²) in [6, 6.07) is 12.6. The van der Waals surface area contributed by atoms with Gasteiger partial charge < -0.3 is 9.64 Å². The molecule has 0 atom stereocenters. The SMILES string of the molecule is CC(C)(C)OC(=O)N(CCCN1C(=O)c2ccccc2C1=O)Cc1ccc(F)cc1. The highest BCUT2D eigenvalue weighted by Crippen LogP contribution is 2.22. The summed E-state index contributed by atoms with van der Waals surface area (Å²) >= 11 is 0. The zero-order valence-electron chi connectivity index (χ0n) is 17.4. The van der Waals surface area contributed by atoms with Crippen LogP contribution < -0.4 is 0 Å². The number of halogens is 1. The molecule has 0 aliphatic carbocycles. The standard InChI is InChI=1S/C23H25FN2O4/c1-23(2,3)30-22(29)25(15-16-9-11-17(24)12-10-16)13-6-14-26-20(27)18-7-4-5-8-19(18)21(26)28/h4-5,7-12H,6,13-15H2,1-3H3. The van der Waals surface area contributed by atoms with Crippen LogP contribution in [0.1, 0.15) is 53.5 Å². The summed E-state index contributed by atoms with van der Waals surface area (Å²) < 4.78 is 18.7. The molecule has 0 radical (unpaired) electrons. The van der Waals surface area contributed by atoms with Crippen molar-refractivity contribution in [3.63, 3.8) is 0 Å². The molecule has 1 aliphatic heterocycles. The predicted octanol–water partition coefficient (Wildman–Crippen LogP) is 4.25. The van der Waals surface area contributed by atoms with E-state index in [9.17, 15) is 18.8 Å². The fraction of sp³-hybridized carbons (Fsp3) is 0.348. The van der Waals surface area contributed by atoms with E-state index in [1.54, 1.807) is 57.2 Å². The number of carbonyl (C=O) groups excluding carboxylic acids is 3. The van der Waals surface area contributed by atoms with Gasteiger partial charge in [0.05, 0.1) is 11.1 Å².